The Labute approximate surface area is 126 Å². The fraction of sp³-hybridized carbons (Fsp3) is 0. The molecule has 0 fully saturated rings. The topological polar surface area (TPSA) is 46.3 Å². The Balaban J connectivity index is 2.12. The second-order valence-corrected chi connectivity index (χ2v) is 5.05. The van der Waals surface area contributed by atoms with Crippen LogP contribution in [0.15, 0.2) is 58.2 Å². The van der Waals surface area contributed by atoms with Gasteiger partial charge < -0.3 is 9.52 Å². The second-order valence-electron chi connectivity index (χ2n) is 4.23. The van der Waals surface area contributed by atoms with Gasteiger partial charge >= 0.3 is 0 Å². The van der Waals surface area contributed by atoms with Crippen LogP contribution in [0.3, 0.4) is 0 Å². The standard InChI is InChI=1S/C15H10ClNO2S/c16-11-5-1-9(2-6-11)13-14(19-15(20)17-13)10-3-7-12(18)8-4-10/h1-8,18H,(H,17,20). The fourth-order valence-electron chi connectivity index (χ4n) is 1.92. The van der Waals surface area contributed by atoms with Crippen LogP contribution in [0.5, 0.6) is 5.75 Å². The molecule has 1 aromatic heterocycles. The largest absolute Gasteiger partial charge is 0.508 e. The number of hydrogen-bond acceptors (Lipinski definition) is 4. The molecule has 20 heavy (non-hydrogen) atoms. The van der Waals surface area contributed by atoms with Gasteiger partial charge in [0.15, 0.2) is 5.76 Å². The van der Waals surface area contributed by atoms with E-state index in [0.29, 0.717) is 16.5 Å². The van der Waals surface area contributed by atoms with Crippen molar-refractivity contribution in [1.29, 1.82) is 0 Å². The minimum Gasteiger partial charge on any atom is -0.508 e. The number of aromatic hydroxyl groups is 1. The van der Waals surface area contributed by atoms with Crippen LogP contribution in [-0.2, 0) is 0 Å². The summed E-state index contributed by atoms with van der Waals surface area (Å²) in [5.74, 6) is 0.810. The van der Waals surface area contributed by atoms with Crippen molar-refractivity contribution < 1.29 is 9.52 Å². The van der Waals surface area contributed by atoms with Crippen LogP contribution in [0, 0.1) is 0 Å². The molecule has 0 amide bonds. The Bertz CT molecular complexity index is 673. The molecule has 1 heterocycles. The van der Waals surface area contributed by atoms with Gasteiger partial charge in [0.05, 0.1) is 0 Å². The number of oxazole rings is 1. The number of benzene rings is 2. The molecule has 0 bridgehead atoms. The number of phenolic OH excluding ortho intramolecular Hbond substituents is 1. The predicted octanol–water partition coefficient (Wildman–Crippen LogP) is 4.66. The molecule has 3 nitrogen and oxygen atoms in total. The van der Waals surface area contributed by atoms with Gasteiger partial charge in [-0.1, -0.05) is 36.4 Å². The van der Waals surface area contributed by atoms with Crippen molar-refractivity contribution in [2.24, 2.45) is 0 Å². The van der Waals surface area contributed by atoms with E-state index in [4.69, 9.17) is 16.0 Å². The first-order valence-corrected chi connectivity index (χ1v) is 6.71. The first kappa shape index (κ1) is 13.1. The number of hydrogen-bond donors (Lipinski definition) is 2. The lowest BCUT2D eigenvalue weighted by Crippen LogP contribution is -1.82. The Hall–Kier alpha value is -1.91. The van der Waals surface area contributed by atoms with Gasteiger partial charge in [-0.15, -0.1) is 0 Å². The minimum absolute atomic E-state index is 0.201. The number of aromatic nitrogens is 1. The Kier molecular flexibility index (Phi) is 3.42. The summed E-state index contributed by atoms with van der Waals surface area (Å²) in [5, 5.41) is 10.3. The minimum atomic E-state index is 0.201. The summed E-state index contributed by atoms with van der Waals surface area (Å²) in [6, 6.07) is 14.1. The zero-order chi connectivity index (χ0) is 14.1. The lowest BCUT2D eigenvalue weighted by molar-refractivity contribution is 0.467. The van der Waals surface area contributed by atoms with Gasteiger partial charge in [-0.2, -0.15) is 0 Å². The molecule has 3 aromatic rings. The van der Waals surface area contributed by atoms with E-state index in [1.807, 2.05) is 12.1 Å². The van der Waals surface area contributed by atoms with Gasteiger partial charge in [0.2, 0.25) is 0 Å². The van der Waals surface area contributed by atoms with E-state index in [-0.39, 0.29) is 11.0 Å². The van der Waals surface area contributed by atoms with Crippen molar-refractivity contribution in [2.75, 3.05) is 0 Å². The third-order valence-electron chi connectivity index (χ3n) is 2.86. The number of nitrogens with zero attached hydrogens (tertiary/aromatic N) is 1. The number of rotatable bonds is 2. The first-order valence-electron chi connectivity index (χ1n) is 5.88. The third-order valence-corrected chi connectivity index (χ3v) is 3.31. The normalized spacial score (nSPS) is 10.7. The number of halogens is 1. The Morgan fingerprint density at radius 3 is 2.20 bits per heavy atom. The quantitative estimate of drug-likeness (QED) is 0.677. The van der Waals surface area contributed by atoms with E-state index in [0.717, 1.165) is 11.1 Å². The fourth-order valence-corrected chi connectivity index (χ4v) is 2.24. The predicted molar refractivity (Wildman–Crippen MR) is 81.3 cm³/mol. The lowest BCUT2D eigenvalue weighted by Gasteiger charge is -2.02. The zero-order valence-corrected chi connectivity index (χ0v) is 11.9. The highest BCUT2D eigenvalue weighted by Crippen LogP contribution is 2.34. The molecule has 0 radical (unpaired) electrons. The third kappa shape index (κ3) is 2.53. The molecular formula is C15H10ClNO2S. The van der Waals surface area contributed by atoms with Crippen LogP contribution >= 0.6 is 24.2 Å². The molecule has 0 aliphatic heterocycles. The van der Waals surface area contributed by atoms with Crippen LogP contribution in [-0.4, -0.2) is 10.1 Å². The molecule has 1 N–H and O–H groups in total. The molecule has 100 valence electrons. The SMILES string of the molecule is Oc1ccc(-c2oc(S)nc2-c2ccc(Cl)cc2)cc1. The van der Waals surface area contributed by atoms with E-state index in [1.165, 1.54) is 0 Å². The highest BCUT2D eigenvalue weighted by atomic mass is 35.5. The van der Waals surface area contributed by atoms with E-state index < -0.39 is 0 Å². The van der Waals surface area contributed by atoms with E-state index >= 15 is 0 Å². The maximum atomic E-state index is 9.35. The molecule has 0 aliphatic carbocycles. The zero-order valence-electron chi connectivity index (χ0n) is 10.2. The van der Waals surface area contributed by atoms with Gasteiger partial charge in [-0.3, -0.25) is 0 Å². The van der Waals surface area contributed by atoms with Gasteiger partial charge in [0.25, 0.3) is 5.22 Å². The van der Waals surface area contributed by atoms with Gasteiger partial charge in [0, 0.05) is 16.1 Å². The van der Waals surface area contributed by atoms with Crippen molar-refractivity contribution in [3.05, 3.63) is 53.6 Å². The molecule has 0 unspecified atom stereocenters. The van der Waals surface area contributed by atoms with Crippen molar-refractivity contribution in [2.45, 2.75) is 5.22 Å². The van der Waals surface area contributed by atoms with Crippen LogP contribution in [0.25, 0.3) is 22.6 Å². The molecule has 0 aliphatic rings. The molecule has 0 spiro atoms. The Morgan fingerprint density at radius 1 is 0.950 bits per heavy atom. The van der Waals surface area contributed by atoms with E-state index in [1.54, 1.807) is 36.4 Å². The second kappa shape index (κ2) is 5.23. The van der Waals surface area contributed by atoms with Crippen LogP contribution < -0.4 is 0 Å². The van der Waals surface area contributed by atoms with Gasteiger partial charge in [0.1, 0.15) is 11.4 Å². The summed E-state index contributed by atoms with van der Waals surface area (Å²) in [6.45, 7) is 0. The van der Waals surface area contributed by atoms with Crippen LogP contribution in [0.1, 0.15) is 0 Å². The molecule has 0 saturated carbocycles. The van der Waals surface area contributed by atoms with E-state index in [2.05, 4.69) is 17.6 Å². The average Bonchev–Trinajstić information content (AvgIpc) is 2.82. The summed E-state index contributed by atoms with van der Waals surface area (Å²) in [5.41, 5.74) is 2.40. The summed E-state index contributed by atoms with van der Waals surface area (Å²) in [7, 11) is 0. The van der Waals surface area contributed by atoms with Crippen LogP contribution in [0.2, 0.25) is 5.02 Å². The number of thiol groups is 1. The monoisotopic (exact) mass is 303 g/mol. The molecular weight excluding hydrogens is 294 g/mol. The highest BCUT2D eigenvalue weighted by molar-refractivity contribution is 7.80. The van der Waals surface area contributed by atoms with Crippen molar-refractivity contribution >= 4 is 24.2 Å². The highest BCUT2D eigenvalue weighted by Gasteiger charge is 2.15. The summed E-state index contributed by atoms with van der Waals surface area (Å²) in [6.07, 6.45) is 0. The van der Waals surface area contributed by atoms with Crippen molar-refractivity contribution in [3.63, 3.8) is 0 Å². The average molecular weight is 304 g/mol. The van der Waals surface area contributed by atoms with E-state index in [9.17, 15) is 5.11 Å². The van der Waals surface area contributed by atoms with Crippen LogP contribution in [0.4, 0.5) is 0 Å². The molecule has 0 saturated heterocycles. The number of phenols is 1. The summed E-state index contributed by atoms with van der Waals surface area (Å²) >= 11 is 10.1. The maximum absolute atomic E-state index is 9.35. The molecule has 3 rings (SSSR count). The molecule has 0 atom stereocenters. The van der Waals surface area contributed by atoms with Crippen molar-refractivity contribution in [3.8, 4) is 28.3 Å². The maximum Gasteiger partial charge on any atom is 0.253 e. The summed E-state index contributed by atoms with van der Waals surface area (Å²) in [4.78, 5) is 4.30. The molecule has 2 aromatic carbocycles. The van der Waals surface area contributed by atoms with Gasteiger partial charge in [-0.25, -0.2) is 4.98 Å². The first-order chi connectivity index (χ1) is 9.63. The smallest absolute Gasteiger partial charge is 0.253 e. The Morgan fingerprint density at radius 2 is 1.55 bits per heavy atom. The van der Waals surface area contributed by atoms with Crippen molar-refractivity contribution in [1.82, 2.24) is 4.98 Å². The lowest BCUT2D eigenvalue weighted by atomic mass is 10.1. The van der Waals surface area contributed by atoms with Gasteiger partial charge in [-0.05, 0) is 36.4 Å². The molecule has 5 heteroatoms. The summed E-state index contributed by atoms with van der Waals surface area (Å²) < 4.78 is 5.56.